The molecule has 3 heterocycles. The third-order valence-electron chi connectivity index (χ3n) is 5.77. The summed E-state index contributed by atoms with van der Waals surface area (Å²) in [5, 5.41) is 0. The summed E-state index contributed by atoms with van der Waals surface area (Å²) in [6, 6.07) is 17.2. The summed E-state index contributed by atoms with van der Waals surface area (Å²) >= 11 is 0. The van der Waals surface area contributed by atoms with Crippen LogP contribution in [0.1, 0.15) is 48.8 Å². The zero-order valence-electron chi connectivity index (χ0n) is 17.6. The largest absolute Gasteiger partial charge is 1.00 e. The highest BCUT2D eigenvalue weighted by atomic mass is 79.9. The van der Waals surface area contributed by atoms with Crippen LogP contribution < -0.4 is 26.5 Å². The molecule has 0 amide bonds. The standard InChI is InChI=1S/C25H26NO3.BrH/c1-25(2,3)19-8-6-17(7-9-19)15-26-11-10-18-13-22-23(29-16-28-22)14-20(18)24(26)21-5-4-12-27-21;/h4-9,12-14H,10-11,15-16H2,1-3H3;1H/q+1;/p-1. The van der Waals surface area contributed by atoms with Crippen molar-refractivity contribution in [2.75, 3.05) is 13.3 Å². The minimum atomic E-state index is 0. The second-order valence-corrected chi connectivity index (χ2v) is 8.81. The van der Waals surface area contributed by atoms with Crippen LogP contribution in [0.15, 0.2) is 59.2 Å². The van der Waals surface area contributed by atoms with E-state index in [0.29, 0.717) is 0 Å². The molecule has 30 heavy (non-hydrogen) atoms. The molecule has 4 nitrogen and oxygen atoms in total. The van der Waals surface area contributed by atoms with E-state index in [9.17, 15) is 0 Å². The third kappa shape index (κ3) is 3.79. The normalized spacial score (nSPS) is 15.0. The fraction of sp³-hybridized carbons (Fsp3) is 0.320. The molecule has 5 rings (SSSR count). The zero-order chi connectivity index (χ0) is 20.0. The number of rotatable bonds is 3. The van der Waals surface area contributed by atoms with Gasteiger partial charge in [-0.1, -0.05) is 45.0 Å². The van der Waals surface area contributed by atoms with Crippen molar-refractivity contribution >= 4 is 5.71 Å². The van der Waals surface area contributed by atoms with Gasteiger partial charge in [-0.05, 0) is 40.8 Å². The number of halogens is 1. The SMILES string of the molecule is CC(C)(C)c1ccc(C[N+]2=C(c3ccco3)c3cc4c(cc3CC2)OCO4)cc1.[Br-]. The van der Waals surface area contributed by atoms with Crippen molar-refractivity contribution in [3.05, 3.63) is 82.8 Å². The Labute approximate surface area is 187 Å². The molecule has 1 aromatic heterocycles. The van der Waals surface area contributed by atoms with E-state index in [0.717, 1.165) is 42.5 Å². The smallest absolute Gasteiger partial charge is 0.250 e. The Kier molecular flexibility index (Phi) is 5.49. The molecule has 0 saturated heterocycles. The number of hydrogen-bond acceptors (Lipinski definition) is 3. The Balaban J connectivity index is 0.00000218. The van der Waals surface area contributed by atoms with Crippen molar-refractivity contribution in [3.63, 3.8) is 0 Å². The predicted molar refractivity (Wildman–Crippen MR) is 112 cm³/mol. The molecule has 2 aromatic carbocycles. The molecular weight excluding hydrogens is 442 g/mol. The lowest BCUT2D eigenvalue weighted by Gasteiger charge is -2.20. The van der Waals surface area contributed by atoms with Gasteiger partial charge in [0, 0.05) is 12.0 Å². The number of nitrogens with zero attached hydrogens (tertiary/aromatic N) is 1. The van der Waals surface area contributed by atoms with Crippen LogP contribution >= 0.6 is 0 Å². The van der Waals surface area contributed by atoms with E-state index in [1.807, 2.05) is 12.1 Å². The molecule has 156 valence electrons. The molecule has 5 heteroatoms. The molecule has 3 aromatic rings. The molecule has 0 bridgehead atoms. The van der Waals surface area contributed by atoms with Crippen molar-refractivity contribution in [1.82, 2.24) is 0 Å². The second kappa shape index (κ2) is 7.95. The lowest BCUT2D eigenvalue weighted by molar-refractivity contribution is -0.544. The number of ether oxygens (including phenoxy) is 2. The van der Waals surface area contributed by atoms with E-state index < -0.39 is 0 Å². The van der Waals surface area contributed by atoms with Gasteiger partial charge in [0.25, 0.3) is 5.71 Å². The Morgan fingerprint density at radius 1 is 0.967 bits per heavy atom. The number of furan rings is 1. The maximum atomic E-state index is 5.83. The molecule has 0 saturated carbocycles. The lowest BCUT2D eigenvalue weighted by atomic mass is 9.86. The molecular formula is C25H26BrNO3. The van der Waals surface area contributed by atoms with Crippen molar-refractivity contribution in [3.8, 4) is 11.5 Å². The zero-order valence-corrected chi connectivity index (χ0v) is 19.2. The monoisotopic (exact) mass is 467 g/mol. The minimum Gasteiger partial charge on any atom is -1.00 e. The van der Waals surface area contributed by atoms with Crippen LogP contribution in [0.4, 0.5) is 0 Å². The summed E-state index contributed by atoms with van der Waals surface area (Å²) in [6.45, 7) is 8.81. The number of benzene rings is 2. The Morgan fingerprint density at radius 3 is 2.37 bits per heavy atom. The molecule has 0 atom stereocenters. The quantitative estimate of drug-likeness (QED) is 0.551. The van der Waals surface area contributed by atoms with Gasteiger partial charge >= 0.3 is 0 Å². The van der Waals surface area contributed by atoms with Crippen molar-refractivity contribution in [1.29, 1.82) is 0 Å². The number of fused-ring (bicyclic) bond motifs is 2. The molecule has 2 aliphatic heterocycles. The second-order valence-electron chi connectivity index (χ2n) is 8.81. The van der Waals surface area contributed by atoms with Gasteiger partial charge in [0.1, 0.15) is 6.54 Å². The van der Waals surface area contributed by atoms with Gasteiger partial charge in [-0.2, -0.15) is 0 Å². The van der Waals surface area contributed by atoms with E-state index in [-0.39, 0.29) is 29.2 Å². The predicted octanol–water partition coefficient (Wildman–Crippen LogP) is 1.92. The van der Waals surface area contributed by atoms with Gasteiger partial charge < -0.3 is 30.9 Å². The third-order valence-corrected chi connectivity index (χ3v) is 5.77. The molecule has 0 unspecified atom stereocenters. The first-order valence-corrected chi connectivity index (χ1v) is 10.2. The topological polar surface area (TPSA) is 34.6 Å². The fourth-order valence-electron chi connectivity index (χ4n) is 4.14. The molecule has 0 aliphatic carbocycles. The van der Waals surface area contributed by atoms with Crippen molar-refractivity contribution in [2.24, 2.45) is 0 Å². The molecule has 0 fully saturated rings. The summed E-state index contributed by atoms with van der Waals surface area (Å²) < 4.78 is 19.5. The maximum absolute atomic E-state index is 5.83. The molecule has 0 spiro atoms. The Hall–Kier alpha value is -2.53. The summed E-state index contributed by atoms with van der Waals surface area (Å²) in [4.78, 5) is 0. The van der Waals surface area contributed by atoms with E-state index in [1.165, 1.54) is 22.3 Å². The highest BCUT2D eigenvalue weighted by molar-refractivity contribution is 6.09. The van der Waals surface area contributed by atoms with E-state index in [1.54, 1.807) is 6.26 Å². The first-order chi connectivity index (χ1) is 14.0. The minimum absolute atomic E-state index is 0. The fourth-order valence-corrected chi connectivity index (χ4v) is 4.14. The van der Waals surface area contributed by atoms with Crippen LogP contribution in [0, 0.1) is 0 Å². The molecule has 0 N–H and O–H groups in total. The van der Waals surface area contributed by atoms with Crippen LogP contribution in [0.2, 0.25) is 0 Å². The van der Waals surface area contributed by atoms with Crippen molar-refractivity contribution < 1.29 is 35.4 Å². The van der Waals surface area contributed by atoms with Gasteiger partial charge in [0.05, 0.1) is 11.8 Å². The molecule has 2 aliphatic rings. The summed E-state index contributed by atoms with van der Waals surface area (Å²) in [7, 11) is 0. The van der Waals surface area contributed by atoms with Crippen LogP contribution in [-0.4, -0.2) is 23.6 Å². The summed E-state index contributed by atoms with van der Waals surface area (Å²) in [6.07, 6.45) is 2.70. The first-order valence-electron chi connectivity index (χ1n) is 10.2. The van der Waals surface area contributed by atoms with Gasteiger partial charge in [-0.3, -0.25) is 0 Å². The van der Waals surface area contributed by atoms with E-state index in [2.05, 4.69) is 61.7 Å². The van der Waals surface area contributed by atoms with Gasteiger partial charge in [-0.25, -0.2) is 4.58 Å². The van der Waals surface area contributed by atoms with Crippen LogP contribution in [0.5, 0.6) is 11.5 Å². The van der Waals surface area contributed by atoms with E-state index >= 15 is 0 Å². The maximum Gasteiger partial charge on any atom is 0.250 e. The van der Waals surface area contributed by atoms with E-state index in [4.69, 9.17) is 13.9 Å². The summed E-state index contributed by atoms with van der Waals surface area (Å²) in [5.74, 6) is 2.54. The summed E-state index contributed by atoms with van der Waals surface area (Å²) in [5.41, 5.74) is 6.38. The highest BCUT2D eigenvalue weighted by Gasteiger charge is 2.32. The van der Waals surface area contributed by atoms with Gasteiger partial charge in [0.15, 0.2) is 23.8 Å². The van der Waals surface area contributed by atoms with Gasteiger partial charge in [0.2, 0.25) is 6.79 Å². The number of hydrogen-bond donors (Lipinski definition) is 0. The Bertz CT molecular complexity index is 1080. The first kappa shape index (κ1) is 20.7. The average molecular weight is 468 g/mol. The lowest BCUT2D eigenvalue weighted by Crippen LogP contribution is -3.00. The van der Waals surface area contributed by atoms with Crippen LogP contribution in [0.25, 0.3) is 0 Å². The highest BCUT2D eigenvalue weighted by Crippen LogP contribution is 2.37. The van der Waals surface area contributed by atoms with Gasteiger partial charge in [-0.15, -0.1) is 0 Å². The van der Waals surface area contributed by atoms with Crippen molar-refractivity contribution in [2.45, 2.75) is 39.2 Å². The molecule has 0 radical (unpaired) electrons. The average Bonchev–Trinajstić information content (AvgIpc) is 3.37. The van der Waals surface area contributed by atoms with Crippen LogP contribution in [-0.2, 0) is 18.4 Å². The Morgan fingerprint density at radius 2 is 1.70 bits per heavy atom. The van der Waals surface area contributed by atoms with Crippen LogP contribution in [0.3, 0.4) is 0 Å².